The second-order valence-corrected chi connectivity index (χ2v) is 6.95. The van der Waals surface area contributed by atoms with Crippen LogP contribution in [0.5, 0.6) is 0 Å². The molecule has 1 N–H and O–H groups in total. The van der Waals surface area contributed by atoms with Crippen LogP contribution in [0.25, 0.3) is 0 Å². The number of guanidine groups is 1. The summed E-state index contributed by atoms with van der Waals surface area (Å²) in [4.78, 5) is 6.68. The maximum absolute atomic E-state index is 12.8. The Labute approximate surface area is 199 Å². The first kappa shape index (κ1) is 27.5. The Morgan fingerprint density at radius 2 is 2.00 bits per heavy atom. The minimum absolute atomic E-state index is 0. The molecule has 0 saturated carbocycles. The topological polar surface area (TPSA) is 46.1 Å². The molecule has 1 saturated heterocycles. The molecule has 0 radical (unpaired) electrons. The number of piperidine rings is 1. The first-order valence-corrected chi connectivity index (χ1v) is 10.2. The second kappa shape index (κ2) is 14.5. The van der Waals surface area contributed by atoms with Gasteiger partial charge in [0, 0.05) is 45.5 Å². The molecule has 0 aromatic heterocycles. The van der Waals surface area contributed by atoms with E-state index in [1.165, 1.54) is 6.07 Å². The van der Waals surface area contributed by atoms with E-state index >= 15 is 0 Å². The molecule has 0 spiro atoms. The number of hydrogen-bond acceptors (Lipinski definition) is 3. The molecule has 5 nitrogen and oxygen atoms in total. The summed E-state index contributed by atoms with van der Waals surface area (Å²) in [5.74, 6) is 6.39. The van der Waals surface area contributed by atoms with Gasteiger partial charge < -0.3 is 19.7 Å². The summed E-state index contributed by atoms with van der Waals surface area (Å²) in [5.41, 5.74) is -0.366. The Morgan fingerprint density at radius 1 is 1.26 bits per heavy atom. The third-order valence-corrected chi connectivity index (χ3v) is 4.65. The second-order valence-electron chi connectivity index (χ2n) is 6.95. The van der Waals surface area contributed by atoms with E-state index < -0.39 is 11.7 Å². The number of benzene rings is 1. The van der Waals surface area contributed by atoms with Crippen LogP contribution in [0.2, 0.25) is 0 Å². The standard InChI is InChI=1S/C22H30F3N3O2.HI/c1-3-26-21(28-13-10-20(11-14-28)30-16-6-15-29-2)27-12-5-8-18-7-4-9-19(17-18)22(23,24)25;/h4,7,9,17,20H,3,6,10-16H2,1-2H3,(H,26,27);1H. The lowest BCUT2D eigenvalue weighted by molar-refractivity contribution is -0.137. The largest absolute Gasteiger partial charge is 0.416 e. The molecule has 0 aliphatic carbocycles. The lowest BCUT2D eigenvalue weighted by atomic mass is 10.1. The molecule has 1 aliphatic rings. The number of methoxy groups -OCH3 is 1. The van der Waals surface area contributed by atoms with Gasteiger partial charge in [0.1, 0.15) is 6.54 Å². The highest BCUT2D eigenvalue weighted by Gasteiger charge is 2.30. The van der Waals surface area contributed by atoms with Gasteiger partial charge in [0.05, 0.1) is 11.7 Å². The Morgan fingerprint density at radius 3 is 2.65 bits per heavy atom. The zero-order chi connectivity index (χ0) is 21.8. The van der Waals surface area contributed by atoms with Gasteiger partial charge in [-0.1, -0.05) is 17.9 Å². The molecule has 31 heavy (non-hydrogen) atoms. The maximum Gasteiger partial charge on any atom is 0.416 e. The minimum atomic E-state index is -4.37. The Kier molecular flexibility index (Phi) is 12.9. The van der Waals surface area contributed by atoms with Crippen LogP contribution in [0.3, 0.4) is 0 Å². The molecular formula is C22H31F3IN3O2. The lowest BCUT2D eigenvalue weighted by Crippen LogP contribution is -2.47. The van der Waals surface area contributed by atoms with E-state index in [0.717, 1.165) is 57.0 Å². The lowest BCUT2D eigenvalue weighted by Gasteiger charge is -2.34. The monoisotopic (exact) mass is 553 g/mol. The number of rotatable bonds is 7. The predicted octanol–water partition coefficient (Wildman–Crippen LogP) is 4.16. The van der Waals surface area contributed by atoms with Gasteiger partial charge in [-0.2, -0.15) is 13.2 Å². The summed E-state index contributed by atoms with van der Waals surface area (Å²) >= 11 is 0. The van der Waals surface area contributed by atoms with Crippen molar-refractivity contribution in [2.75, 3.05) is 46.5 Å². The number of halogens is 4. The van der Waals surface area contributed by atoms with Gasteiger partial charge in [0.15, 0.2) is 5.96 Å². The Bertz CT molecular complexity index is 739. The average molecular weight is 553 g/mol. The van der Waals surface area contributed by atoms with Gasteiger partial charge in [-0.15, -0.1) is 24.0 Å². The van der Waals surface area contributed by atoms with Crippen LogP contribution >= 0.6 is 24.0 Å². The molecule has 1 aromatic rings. The number of nitrogens with zero attached hydrogens (tertiary/aromatic N) is 2. The zero-order valence-electron chi connectivity index (χ0n) is 18.0. The normalized spacial score (nSPS) is 15.1. The highest BCUT2D eigenvalue weighted by molar-refractivity contribution is 14.0. The highest BCUT2D eigenvalue weighted by Crippen LogP contribution is 2.29. The average Bonchev–Trinajstić information content (AvgIpc) is 2.73. The van der Waals surface area contributed by atoms with Gasteiger partial charge >= 0.3 is 6.18 Å². The SMILES string of the molecule is CCNC(=NCC#Cc1cccc(C(F)(F)F)c1)N1CCC(OCCCOC)CC1.I. The molecule has 9 heteroatoms. The Hall–Kier alpha value is -1.51. The summed E-state index contributed by atoms with van der Waals surface area (Å²) in [5, 5.41) is 3.26. The van der Waals surface area contributed by atoms with Crippen molar-refractivity contribution in [3.63, 3.8) is 0 Å². The van der Waals surface area contributed by atoms with Crippen LogP contribution in [0.1, 0.15) is 37.3 Å². The molecule has 0 unspecified atom stereocenters. The quantitative estimate of drug-likeness (QED) is 0.181. The van der Waals surface area contributed by atoms with Crippen LogP contribution in [0, 0.1) is 11.8 Å². The maximum atomic E-state index is 12.8. The van der Waals surface area contributed by atoms with E-state index in [9.17, 15) is 13.2 Å². The van der Waals surface area contributed by atoms with E-state index in [1.54, 1.807) is 13.2 Å². The van der Waals surface area contributed by atoms with Crippen LogP contribution in [0.15, 0.2) is 29.3 Å². The fourth-order valence-corrected chi connectivity index (χ4v) is 3.14. The molecule has 2 rings (SSSR count). The van der Waals surface area contributed by atoms with Crippen molar-refractivity contribution in [1.29, 1.82) is 0 Å². The summed E-state index contributed by atoms with van der Waals surface area (Å²) in [7, 11) is 1.68. The van der Waals surface area contributed by atoms with Gasteiger partial charge in [0.2, 0.25) is 0 Å². The molecule has 0 atom stereocenters. The van der Waals surface area contributed by atoms with Gasteiger partial charge in [-0.25, -0.2) is 4.99 Å². The number of ether oxygens (including phenoxy) is 2. The molecule has 174 valence electrons. The number of alkyl halides is 3. The minimum Gasteiger partial charge on any atom is -0.385 e. The third-order valence-electron chi connectivity index (χ3n) is 4.65. The third kappa shape index (κ3) is 10.1. The smallest absolute Gasteiger partial charge is 0.385 e. The number of nitrogens with one attached hydrogen (secondary N) is 1. The Balaban J connectivity index is 0.00000480. The summed E-state index contributed by atoms with van der Waals surface area (Å²) in [6, 6.07) is 5.02. The molecule has 1 aromatic carbocycles. The van der Waals surface area contributed by atoms with E-state index in [0.29, 0.717) is 18.8 Å². The van der Waals surface area contributed by atoms with Crippen molar-refractivity contribution in [1.82, 2.24) is 10.2 Å². The van der Waals surface area contributed by atoms with Crippen molar-refractivity contribution >= 4 is 29.9 Å². The van der Waals surface area contributed by atoms with Crippen LogP contribution in [-0.2, 0) is 15.7 Å². The molecule has 1 fully saturated rings. The fourth-order valence-electron chi connectivity index (χ4n) is 3.14. The molecule has 0 amide bonds. The van der Waals surface area contributed by atoms with Crippen molar-refractivity contribution < 1.29 is 22.6 Å². The van der Waals surface area contributed by atoms with Gasteiger partial charge in [-0.3, -0.25) is 0 Å². The highest BCUT2D eigenvalue weighted by atomic mass is 127. The van der Waals surface area contributed by atoms with Crippen molar-refractivity contribution in [3.8, 4) is 11.8 Å². The molecular weight excluding hydrogens is 522 g/mol. The molecule has 1 aliphatic heterocycles. The van der Waals surface area contributed by atoms with Gasteiger partial charge in [0.25, 0.3) is 0 Å². The van der Waals surface area contributed by atoms with E-state index in [-0.39, 0.29) is 36.6 Å². The van der Waals surface area contributed by atoms with E-state index in [4.69, 9.17) is 9.47 Å². The van der Waals surface area contributed by atoms with Crippen molar-refractivity contribution in [2.24, 2.45) is 4.99 Å². The van der Waals surface area contributed by atoms with Crippen LogP contribution < -0.4 is 5.32 Å². The first-order chi connectivity index (χ1) is 14.4. The molecule has 1 heterocycles. The number of hydrogen-bond donors (Lipinski definition) is 1. The summed E-state index contributed by atoms with van der Waals surface area (Å²) < 4.78 is 49.3. The van der Waals surface area contributed by atoms with Crippen molar-refractivity contribution in [3.05, 3.63) is 35.4 Å². The zero-order valence-corrected chi connectivity index (χ0v) is 20.3. The van der Waals surface area contributed by atoms with E-state index in [2.05, 4.69) is 27.0 Å². The first-order valence-electron chi connectivity index (χ1n) is 10.2. The summed E-state index contributed by atoms with van der Waals surface area (Å²) in [6.45, 7) is 6.02. The fraction of sp³-hybridized carbons (Fsp3) is 0.591. The summed E-state index contributed by atoms with van der Waals surface area (Å²) in [6.07, 6.45) is -1.37. The predicted molar refractivity (Wildman–Crippen MR) is 127 cm³/mol. The van der Waals surface area contributed by atoms with Crippen LogP contribution in [0.4, 0.5) is 13.2 Å². The van der Waals surface area contributed by atoms with Gasteiger partial charge in [-0.05, 0) is 44.4 Å². The van der Waals surface area contributed by atoms with Crippen LogP contribution in [-0.4, -0.2) is 63.5 Å². The number of likely N-dealkylation sites (tertiary alicyclic amines) is 1. The van der Waals surface area contributed by atoms with E-state index in [1.807, 2.05) is 6.92 Å². The van der Waals surface area contributed by atoms with Crippen molar-refractivity contribution in [2.45, 2.75) is 38.5 Å². The molecule has 0 bridgehead atoms. The number of aliphatic imine (C=N–C) groups is 1.